The van der Waals surface area contributed by atoms with Gasteiger partial charge in [-0.05, 0) is 29.7 Å². The molecular weight excluding hydrogens is 432 g/mol. The van der Waals surface area contributed by atoms with Crippen LogP contribution >= 0.6 is 15.9 Å². The smallest absolute Gasteiger partial charge is 0.306 e. The Balaban J connectivity index is 2.53. The summed E-state index contributed by atoms with van der Waals surface area (Å²) in [6.07, 6.45) is -4.97. The van der Waals surface area contributed by atoms with E-state index < -0.39 is 34.5 Å². The highest BCUT2D eigenvalue weighted by Gasteiger charge is 2.37. The van der Waals surface area contributed by atoms with Gasteiger partial charge in [-0.1, -0.05) is 41.9 Å². The second kappa shape index (κ2) is 6.63. The number of rotatable bonds is 2. The molecule has 0 fully saturated rings. The molecule has 0 saturated carbocycles. The van der Waals surface area contributed by atoms with E-state index in [1.165, 1.54) is 6.07 Å². The molecule has 0 spiro atoms. The van der Waals surface area contributed by atoms with E-state index >= 15 is 0 Å². The predicted molar refractivity (Wildman–Crippen MR) is 96.9 cm³/mol. The molecule has 0 aliphatic heterocycles. The second-order valence-corrected chi connectivity index (χ2v) is 7.19. The Labute approximate surface area is 158 Å². The number of aromatic nitrogens is 2. The van der Waals surface area contributed by atoms with Crippen LogP contribution in [-0.4, -0.2) is 9.55 Å². The van der Waals surface area contributed by atoms with Gasteiger partial charge in [0.15, 0.2) is 0 Å². The summed E-state index contributed by atoms with van der Waals surface area (Å²) in [5.41, 5.74) is -4.00. The predicted octanol–water partition coefficient (Wildman–Crippen LogP) is 4.72. The molecule has 0 radical (unpaired) electrons. The first-order chi connectivity index (χ1) is 12.5. The Morgan fingerprint density at radius 1 is 1.15 bits per heavy atom. The van der Waals surface area contributed by atoms with E-state index in [9.17, 15) is 27.2 Å². The molecule has 2 aromatic carbocycles. The number of H-pyrrole nitrogens is 1. The maximum Gasteiger partial charge on any atom is 0.418 e. The monoisotopic (exact) mass is 444 g/mol. The van der Waals surface area contributed by atoms with Crippen LogP contribution in [0.25, 0.3) is 16.6 Å². The first-order valence-corrected chi connectivity index (χ1v) is 8.66. The lowest BCUT2D eigenvalue weighted by molar-refractivity contribution is -0.137. The fraction of sp³-hybridized carbons (Fsp3) is 0.222. The molecule has 142 valence electrons. The average Bonchev–Trinajstić information content (AvgIpc) is 2.54. The first-order valence-electron chi connectivity index (χ1n) is 7.87. The topological polar surface area (TPSA) is 54.9 Å². The third-order valence-electron chi connectivity index (χ3n) is 4.14. The van der Waals surface area contributed by atoms with E-state index in [1.807, 2.05) is 0 Å². The number of aromatic amines is 1. The zero-order valence-electron chi connectivity index (χ0n) is 14.1. The van der Waals surface area contributed by atoms with Gasteiger partial charge in [0.05, 0.1) is 16.5 Å². The molecule has 4 nitrogen and oxygen atoms in total. The van der Waals surface area contributed by atoms with Gasteiger partial charge in [0.1, 0.15) is 11.5 Å². The Morgan fingerprint density at radius 3 is 2.41 bits per heavy atom. The lowest BCUT2D eigenvalue weighted by atomic mass is 9.99. The number of hydrogen-bond acceptors (Lipinski definition) is 2. The quantitative estimate of drug-likeness (QED) is 0.581. The molecule has 0 aliphatic carbocycles. The molecule has 0 aliphatic rings. The highest BCUT2D eigenvalue weighted by Crippen LogP contribution is 2.36. The normalized spacial score (nSPS) is 12.1. The highest BCUT2D eigenvalue weighted by molar-refractivity contribution is 9.10. The summed E-state index contributed by atoms with van der Waals surface area (Å²) >= 11 is 2.81. The number of nitrogens with zero attached hydrogens (tertiary/aromatic N) is 1. The molecule has 0 saturated heterocycles. The summed E-state index contributed by atoms with van der Waals surface area (Å²) in [5, 5.41) is 0.0440. The van der Waals surface area contributed by atoms with Crippen molar-refractivity contribution in [2.24, 2.45) is 0 Å². The molecule has 1 N–H and O–H groups in total. The summed E-state index contributed by atoms with van der Waals surface area (Å²) in [6.45, 7) is 3.59. The van der Waals surface area contributed by atoms with Crippen molar-refractivity contribution in [3.63, 3.8) is 0 Å². The van der Waals surface area contributed by atoms with Crippen LogP contribution < -0.4 is 11.2 Å². The number of hydrogen-bond donors (Lipinski definition) is 1. The first kappa shape index (κ1) is 19.3. The molecule has 0 bridgehead atoms. The fourth-order valence-electron chi connectivity index (χ4n) is 2.98. The zero-order chi connectivity index (χ0) is 20.1. The number of nitrogens with one attached hydrogen (secondary N) is 1. The molecule has 3 aromatic rings. The minimum absolute atomic E-state index is 0.0440. The number of fused-ring (bicyclic) bond motifs is 1. The van der Waals surface area contributed by atoms with Crippen LogP contribution in [0.1, 0.15) is 30.9 Å². The van der Waals surface area contributed by atoms with Crippen LogP contribution in [-0.2, 0) is 6.18 Å². The largest absolute Gasteiger partial charge is 0.418 e. The van der Waals surface area contributed by atoms with Crippen molar-refractivity contribution in [2.45, 2.75) is 25.9 Å². The van der Waals surface area contributed by atoms with Gasteiger partial charge in [-0.25, -0.2) is 13.8 Å². The van der Waals surface area contributed by atoms with Crippen LogP contribution in [0.5, 0.6) is 0 Å². The van der Waals surface area contributed by atoms with Crippen LogP contribution in [0.15, 0.2) is 44.4 Å². The SMILES string of the molecule is CC(C)c1cccc2[nH]c(=O)n(-c3c(F)cc(Br)cc3C(F)(F)F)c(=O)c12. The fourth-order valence-corrected chi connectivity index (χ4v) is 3.41. The summed E-state index contributed by atoms with van der Waals surface area (Å²) < 4.78 is 54.9. The van der Waals surface area contributed by atoms with Crippen molar-refractivity contribution in [1.82, 2.24) is 9.55 Å². The maximum absolute atomic E-state index is 14.5. The van der Waals surface area contributed by atoms with Crippen molar-refractivity contribution >= 4 is 26.8 Å². The summed E-state index contributed by atoms with van der Waals surface area (Å²) in [4.78, 5) is 27.8. The zero-order valence-corrected chi connectivity index (χ0v) is 15.7. The second-order valence-electron chi connectivity index (χ2n) is 6.28. The molecule has 0 atom stereocenters. The molecule has 1 heterocycles. The van der Waals surface area contributed by atoms with Crippen LogP contribution in [0.2, 0.25) is 0 Å². The Morgan fingerprint density at radius 2 is 1.81 bits per heavy atom. The van der Waals surface area contributed by atoms with Crippen molar-refractivity contribution in [1.29, 1.82) is 0 Å². The summed E-state index contributed by atoms with van der Waals surface area (Å²) in [7, 11) is 0. The van der Waals surface area contributed by atoms with Crippen LogP contribution in [0.4, 0.5) is 17.6 Å². The van der Waals surface area contributed by atoms with Gasteiger partial charge >= 0.3 is 11.9 Å². The van der Waals surface area contributed by atoms with Gasteiger partial charge in [0, 0.05) is 4.47 Å². The van der Waals surface area contributed by atoms with Crippen molar-refractivity contribution in [3.05, 3.63) is 72.6 Å². The van der Waals surface area contributed by atoms with Gasteiger partial charge < -0.3 is 4.98 Å². The maximum atomic E-state index is 14.5. The molecule has 1 aromatic heterocycles. The minimum atomic E-state index is -4.97. The Hall–Kier alpha value is -2.42. The van der Waals surface area contributed by atoms with E-state index in [0.717, 1.165) is 6.07 Å². The Kier molecular flexibility index (Phi) is 4.75. The third-order valence-corrected chi connectivity index (χ3v) is 4.60. The van der Waals surface area contributed by atoms with Crippen LogP contribution in [0, 0.1) is 5.82 Å². The van der Waals surface area contributed by atoms with E-state index in [1.54, 1.807) is 26.0 Å². The molecule has 0 unspecified atom stereocenters. The van der Waals surface area contributed by atoms with Gasteiger partial charge in [-0.3, -0.25) is 4.79 Å². The van der Waals surface area contributed by atoms with E-state index in [0.29, 0.717) is 11.6 Å². The van der Waals surface area contributed by atoms with E-state index in [-0.39, 0.29) is 25.9 Å². The van der Waals surface area contributed by atoms with Gasteiger partial charge in [-0.15, -0.1) is 0 Å². The summed E-state index contributed by atoms with van der Waals surface area (Å²) in [6, 6.07) is 6.13. The lowest BCUT2D eigenvalue weighted by Gasteiger charge is -2.17. The number of halogens is 5. The average molecular weight is 445 g/mol. The highest BCUT2D eigenvalue weighted by atomic mass is 79.9. The molecular formula is C18H13BrF4N2O2. The third kappa shape index (κ3) is 3.31. The molecule has 9 heteroatoms. The van der Waals surface area contributed by atoms with Gasteiger partial charge in [0.25, 0.3) is 5.56 Å². The van der Waals surface area contributed by atoms with Gasteiger partial charge in [-0.2, -0.15) is 13.2 Å². The lowest BCUT2D eigenvalue weighted by Crippen LogP contribution is -2.36. The van der Waals surface area contributed by atoms with Crippen LogP contribution in [0.3, 0.4) is 0 Å². The standard InChI is InChI=1S/C18H13BrF4N2O2/c1-8(2)10-4-3-5-13-14(10)16(26)25(17(27)24-13)15-11(18(21,22)23)6-9(19)7-12(15)20/h3-8H,1-2H3,(H,24,27). The number of alkyl halides is 3. The molecule has 0 amide bonds. The van der Waals surface area contributed by atoms with Crippen molar-refractivity contribution < 1.29 is 17.6 Å². The van der Waals surface area contributed by atoms with Crippen molar-refractivity contribution in [3.8, 4) is 5.69 Å². The van der Waals surface area contributed by atoms with Crippen molar-refractivity contribution in [2.75, 3.05) is 0 Å². The Bertz CT molecular complexity index is 1160. The van der Waals surface area contributed by atoms with E-state index in [2.05, 4.69) is 20.9 Å². The summed E-state index contributed by atoms with van der Waals surface area (Å²) in [5.74, 6) is -1.48. The minimum Gasteiger partial charge on any atom is -0.306 e. The number of benzene rings is 2. The van der Waals surface area contributed by atoms with Gasteiger partial charge in [0.2, 0.25) is 0 Å². The molecule has 3 rings (SSSR count). The molecule has 27 heavy (non-hydrogen) atoms. The van der Waals surface area contributed by atoms with E-state index in [4.69, 9.17) is 0 Å².